The number of piperazine rings is 1. The second-order valence-electron chi connectivity index (χ2n) is 7.61. The molecule has 2 rings (SSSR count). The van der Waals surface area contributed by atoms with Gasteiger partial charge in [0.05, 0.1) is 0 Å². The van der Waals surface area contributed by atoms with Crippen molar-refractivity contribution in [3.05, 3.63) is 0 Å². The van der Waals surface area contributed by atoms with Crippen molar-refractivity contribution < 1.29 is 9.59 Å². The van der Waals surface area contributed by atoms with E-state index in [1.165, 1.54) is 19.3 Å². The molecule has 0 spiro atoms. The Morgan fingerprint density at radius 3 is 2.48 bits per heavy atom. The summed E-state index contributed by atoms with van der Waals surface area (Å²) >= 11 is 0. The maximum atomic E-state index is 12.9. The van der Waals surface area contributed by atoms with E-state index in [9.17, 15) is 9.59 Å². The molecule has 0 radical (unpaired) electrons. The standard InChI is InChI=1S/C17H30N2O2/c1-6-17(5)16(21)19(10-13-8-7-12(4)9-13)14(11(2)3)15(20)18-17/h11-14H,6-10H2,1-5H3,(H,18,20). The van der Waals surface area contributed by atoms with Crippen LogP contribution in [0.4, 0.5) is 0 Å². The lowest BCUT2D eigenvalue weighted by molar-refractivity contribution is -0.157. The number of hydrogen-bond donors (Lipinski definition) is 1. The summed E-state index contributed by atoms with van der Waals surface area (Å²) < 4.78 is 0. The van der Waals surface area contributed by atoms with Crippen LogP contribution < -0.4 is 5.32 Å². The lowest BCUT2D eigenvalue weighted by atomic mass is 9.87. The molecule has 2 aliphatic rings. The molecule has 2 fully saturated rings. The fourth-order valence-electron chi connectivity index (χ4n) is 3.85. The van der Waals surface area contributed by atoms with Crippen molar-refractivity contribution in [3.8, 4) is 0 Å². The summed E-state index contributed by atoms with van der Waals surface area (Å²) in [6.45, 7) is 10.9. The third-order valence-corrected chi connectivity index (χ3v) is 5.33. The third-order valence-electron chi connectivity index (χ3n) is 5.33. The van der Waals surface area contributed by atoms with E-state index < -0.39 is 5.54 Å². The van der Waals surface area contributed by atoms with Gasteiger partial charge in [0.25, 0.3) is 0 Å². The molecule has 0 aromatic rings. The van der Waals surface area contributed by atoms with E-state index in [1.54, 1.807) is 0 Å². The molecule has 1 aliphatic carbocycles. The van der Waals surface area contributed by atoms with Gasteiger partial charge in [-0.2, -0.15) is 0 Å². The summed E-state index contributed by atoms with van der Waals surface area (Å²) in [5, 5.41) is 2.96. The molecule has 1 saturated carbocycles. The van der Waals surface area contributed by atoms with Gasteiger partial charge in [-0.1, -0.05) is 34.1 Å². The summed E-state index contributed by atoms with van der Waals surface area (Å²) in [4.78, 5) is 27.3. The van der Waals surface area contributed by atoms with E-state index in [1.807, 2.05) is 32.6 Å². The molecule has 2 amide bonds. The van der Waals surface area contributed by atoms with Crippen LogP contribution in [0.3, 0.4) is 0 Å². The molecule has 4 nitrogen and oxygen atoms in total. The molecule has 0 bridgehead atoms. The summed E-state index contributed by atoms with van der Waals surface area (Å²) in [5.41, 5.74) is -0.729. The van der Waals surface area contributed by atoms with Crippen LogP contribution in [0.5, 0.6) is 0 Å². The van der Waals surface area contributed by atoms with Crippen LogP contribution >= 0.6 is 0 Å². The van der Waals surface area contributed by atoms with Gasteiger partial charge < -0.3 is 10.2 Å². The van der Waals surface area contributed by atoms with E-state index in [-0.39, 0.29) is 23.8 Å². The van der Waals surface area contributed by atoms with E-state index in [4.69, 9.17) is 0 Å². The second kappa shape index (κ2) is 5.98. The molecule has 1 saturated heterocycles. The molecule has 1 N–H and O–H groups in total. The Bertz CT molecular complexity index is 421. The van der Waals surface area contributed by atoms with Crippen LogP contribution in [0.25, 0.3) is 0 Å². The summed E-state index contributed by atoms with van der Waals surface area (Å²) in [6.07, 6.45) is 4.25. The third kappa shape index (κ3) is 3.09. The van der Waals surface area contributed by atoms with Crippen molar-refractivity contribution in [2.45, 2.75) is 71.9 Å². The average Bonchev–Trinajstić information content (AvgIpc) is 2.80. The first kappa shape index (κ1) is 16.3. The van der Waals surface area contributed by atoms with Crippen molar-refractivity contribution >= 4 is 11.8 Å². The molecule has 21 heavy (non-hydrogen) atoms. The van der Waals surface area contributed by atoms with E-state index in [2.05, 4.69) is 12.2 Å². The number of carbonyl (C=O) groups excluding carboxylic acids is 2. The van der Waals surface area contributed by atoms with Gasteiger partial charge in [0.1, 0.15) is 11.6 Å². The number of carbonyl (C=O) groups is 2. The smallest absolute Gasteiger partial charge is 0.248 e. The molecule has 1 heterocycles. The lowest BCUT2D eigenvalue weighted by Crippen LogP contribution is -2.70. The van der Waals surface area contributed by atoms with Gasteiger partial charge in [-0.3, -0.25) is 9.59 Å². The Hall–Kier alpha value is -1.06. The monoisotopic (exact) mass is 294 g/mol. The van der Waals surface area contributed by atoms with Crippen LogP contribution in [0.15, 0.2) is 0 Å². The maximum absolute atomic E-state index is 12.9. The van der Waals surface area contributed by atoms with Gasteiger partial charge >= 0.3 is 0 Å². The Labute approximate surface area is 128 Å². The number of nitrogens with one attached hydrogen (secondary N) is 1. The molecule has 1 aliphatic heterocycles. The number of nitrogens with zero attached hydrogens (tertiary/aromatic N) is 1. The molecule has 0 aromatic heterocycles. The zero-order valence-corrected chi connectivity index (χ0v) is 14.1. The lowest BCUT2D eigenvalue weighted by Gasteiger charge is -2.46. The predicted octanol–water partition coefficient (Wildman–Crippen LogP) is 2.57. The zero-order valence-electron chi connectivity index (χ0n) is 14.1. The minimum atomic E-state index is -0.729. The first-order chi connectivity index (χ1) is 9.78. The first-order valence-electron chi connectivity index (χ1n) is 8.41. The van der Waals surface area contributed by atoms with Gasteiger partial charge in [0.15, 0.2) is 0 Å². The van der Waals surface area contributed by atoms with Crippen LogP contribution in [0, 0.1) is 17.8 Å². The highest BCUT2D eigenvalue weighted by molar-refractivity contribution is 5.99. The van der Waals surface area contributed by atoms with Gasteiger partial charge in [0.2, 0.25) is 11.8 Å². The Kier molecular flexibility index (Phi) is 4.64. The molecule has 4 unspecified atom stereocenters. The fourth-order valence-corrected chi connectivity index (χ4v) is 3.85. The van der Waals surface area contributed by atoms with E-state index in [0.717, 1.165) is 12.5 Å². The Morgan fingerprint density at radius 1 is 1.33 bits per heavy atom. The molecule has 120 valence electrons. The molecule has 4 atom stereocenters. The SMILES string of the molecule is CCC1(C)NC(=O)C(C(C)C)N(CC2CCC(C)C2)C1=O. The first-order valence-corrected chi connectivity index (χ1v) is 8.41. The van der Waals surface area contributed by atoms with Gasteiger partial charge in [-0.25, -0.2) is 0 Å². The zero-order chi connectivity index (χ0) is 15.8. The van der Waals surface area contributed by atoms with Crippen LogP contribution in [-0.2, 0) is 9.59 Å². The number of rotatable bonds is 4. The Balaban J connectivity index is 2.22. The average molecular weight is 294 g/mol. The molecular weight excluding hydrogens is 264 g/mol. The molecular formula is C17H30N2O2. The quantitative estimate of drug-likeness (QED) is 0.866. The van der Waals surface area contributed by atoms with Crippen molar-refractivity contribution in [2.75, 3.05) is 6.54 Å². The van der Waals surface area contributed by atoms with Gasteiger partial charge in [-0.15, -0.1) is 0 Å². The second-order valence-corrected chi connectivity index (χ2v) is 7.61. The number of amides is 2. The van der Waals surface area contributed by atoms with E-state index in [0.29, 0.717) is 12.3 Å². The van der Waals surface area contributed by atoms with Crippen LogP contribution in [0.1, 0.15) is 60.3 Å². The Morgan fingerprint density at radius 2 is 2.00 bits per heavy atom. The minimum absolute atomic E-state index is 0.0139. The summed E-state index contributed by atoms with van der Waals surface area (Å²) in [6, 6.07) is -0.312. The fraction of sp³-hybridized carbons (Fsp3) is 0.882. The molecule has 4 heteroatoms. The van der Waals surface area contributed by atoms with Crippen molar-refractivity contribution in [3.63, 3.8) is 0 Å². The maximum Gasteiger partial charge on any atom is 0.248 e. The van der Waals surface area contributed by atoms with Crippen LogP contribution in [-0.4, -0.2) is 34.8 Å². The van der Waals surface area contributed by atoms with E-state index >= 15 is 0 Å². The normalized spacial score (nSPS) is 37.2. The predicted molar refractivity (Wildman–Crippen MR) is 83.7 cm³/mol. The summed E-state index contributed by atoms with van der Waals surface area (Å²) in [5.74, 6) is 1.56. The summed E-state index contributed by atoms with van der Waals surface area (Å²) in [7, 11) is 0. The van der Waals surface area contributed by atoms with Crippen LogP contribution in [0.2, 0.25) is 0 Å². The van der Waals surface area contributed by atoms with Gasteiger partial charge in [-0.05, 0) is 43.9 Å². The van der Waals surface area contributed by atoms with Gasteiger partial charge in [0, 0.05) is 6.54 Å². The minimum Gasteiger partial charge on any atom is -0.340 e. The van der Waals surface area contributed by atoms with Crippen molar-refractivity contribution in [1.29, 1.82) is 0 Å². The highest BCUT2D eigenvalue weighted by Gasteiger charge is 2.48. The highest BCUT2D eigenvalue weighted by atomic mass is 16.2. The highest BCUT2D eigenvalue weighted by Crippen LogP contribution is 2.33. The topological polar surface area (TPSA) is 49.4 Å². The largest absolute Gasteiger partial charge is 0.340 e. The number of hydrogen-bond acceptors (Lipinski definition) is 2. The van der Waals surface area contributed by atoms with Crippen molar-refractivity contribution in [1.82, 2.24) is 10.2 Å². The molecule has 0 aromatic carbocycles. The van der Waals surface area contributed by atoms with Crippen molar-refractivity contribution in [2.24, 2.45) is 17.8 Å².